The van der Waals surface area contributed by atoms with Crippen molar-refractivity contribution in [3.63, 3.8) is 0 Å². The van der Waals surface area contributed by atoms with E-state index in [2.05, 4.69) is 18.7 Å². The molecular formula is C17H18O. The van der Waals surface area contributed by atoms with Crippen molar-refractivity contribution in [3.05, 3.63) is 84.4 Å². The molecule has 1 heteroatoms. The van der Waals surface area contributed by atoms with Gasteiger partial charge in [0.25, 0.3) is 0 Å². The second-order valence-electron chi connectivity index (χ2n) is 4.40. The Bertz CT molecular complexity index is 475. The lowest BCUT2D eigenvalue weighted by molar-refractivity contribution is 0.145. The molecule has 2 atom stereocenters. The fraction of sp³-hybridized carbons (Fsp3) is 0.176. The first kappa shape index (κ1) is 12.6. The molecule has 0 fully saturated rings. The molecule has 0 bridgehead atoms. The fourth-order valence-electron chi connectivity index (χ4n) is 2.21. The first-order valence-corrected chi connectivity index (χ1v) is 6.21. The lowest BCUT2D eigenvalue weighted by atomic mass is 9.87. The Balaban J connectivity index is 2.28. The standard InChI is InChI=1S/C17H18O/c1-2-9-16(14-10-5-3-6-11-14)17(18)15-12-7-4-8-13-15/h2-8,10-13,16-18H,1,9H2. The number of hydrogen-bond acceptors (Lipinski definition) is 1. The third kappa shape index (κ3) is 2.88. The lowest BCUT2D eigenvalue weighted by Crippen LogP contribution is -2.10. The van der Waals surface area contributed by atoms with E-state index in [1.54, 1.807) is 0 Å². The van der Waals surface area contributed by atoms with Crippen LogP contribution in [0.15, 0.2) is 73.3 Å². The van der Waals surface area contributed by atoms with Gasteiger partial charge in [-0.1, -0.05) is 66.7 Å². The zero-order valence-electron chi connectivity index (χ0n) is 10.4. The molecule has 0 spiro atoms. The van der Waals surface area contributed by atoms with E-state index < -0.39 is 6.10 Å². The van der Waals surface area contributed by atoms with Gasteiger partial charge in [-0.2, -0.15) is 0 Å². The zero-order chi connectivity index (χ0) is 12.8. The van der Waals surface area contributed by atoms with Gasteiger partial charge in [0, 0.05) is 5.92 Å². The summed E-state index contributed by atoms with van der Waals surface area (Å²) in [6.07, 6.45) is 2.13. The summed E-state index contributed by atoms with van der Waals surface area (Å²) in [5.41, 5.74) is 2.10. The molecule has 0 radical (unpaired) electrons. The predicted molar refractivity (Wildman–Crippen MR) is 75.4 cm³/mol. The van der Waals surface area contributed by atoms with Crippen LogP contribution in [0.1, 0.15) is 29.6 Å². The van der Waals surface area contributed by atoms with E-state index in [1.807, 2.05) is 54.6 Å². The number of aliphatic hydroxyl groups is 1. The van der Waals surface area contributed by atoms with Crippen LogP contribution in [0.2, 0.25) is 0 Å². The van der Waals surface area contributed by atoms with Crippen LogP contribution in [0.3, 0.4) is 0 Å². The van der Waals surface area contributed by atoms with Crippen molar-refractivity contribution in [2.75, 3.05) is 0 Å². The van der Waals surface area contributed by atoms with E-state index in [1.165, 1.54) is 0 Å². The van der Waals surface area contributed by atoms with Crippen molar-refractivity contribution in [1.29, 1.82) is 0 Å². The monoisotopic (exact) mass is 238 g/mol. The average Bonchev–Trinajstić information content (AvgIpc) is 2.46. The van der Waals surface area contributed by atoms with Crippen LogP contribution in [0.4, 0.5) is 0 Å². The topological polar surface area (TPSA) is 20.2 Å². The normalized spacial score (nSPS) is 13.8. The largest absolute Gasteiger partial charge is 0.388 e. The first-order valence-electron chi connectivity index (χ1n) is 6.21. The summed E-state index contributed by atoms with van der Waals surface area (Å²) >= 11 is 0. The molecule has 0 aliphatic heterocycles. The molecule has 0 saturated carbocycles. The fourth-order valence-corrected chi connectivity index (χ4v) is 2.21. The van der Waals surface area contributed by atoms with Gasteiger partial charge in [-0.15, -0.1) is 6.58 Å². The van der Waals surface area contributed by atoms with Gasteiger partial charge in [0.15, 0.2) is 0 Å². The molecule has 1 N–H and O–H groups in total. The van der Waals surface area contributed by atoms with Crippen molar-refractivity contribution in [2.24, 2.45) is 0 Å². The minimum atomic E-state index is -0.494. The van der Waals surface area contributed by atoms with E-state index in [0.717, 1.165) is 17.5 Å². The highest BCUT2D eigenvalue weighted by Gasteiger charge is 2.21. The van der Waals surface area contributed by atoms with E-state index in [9.17, 15) is 5.11 Å². The molecule has 0 saturated heterocycles. The Hall–Kier alpha value is -1.86. The maximum Gasteiger partial charge on any atom is 0.0861 e. The Morgan fingerprint density at radius 2 is 1.39 bits per heavy atom. The van der Waals surface area contributed by atoms with Gasteiger partial charge < -0.3 is 5.11 Å². The lowest BCUT2D eigenvalue weighted by Gasteiger charge is -2.22. The minimum absolute atomic E-state index is 0.0612. The molecule has 1 nitrogen and oxygen atoms in total. The van der Waals surface area contributed by atoms with E-state index in [-0.39, 0.29) is 5.92 Å². The van der Waals surface area contributed by atoms with Gasteiger partial charge in [-0.05, 0) is 17.5 Å². The Kier molecular flexibility index (Phi) is 4.32. The van der Waals surface area contributed by atoms with Crippen LogP contribution in [0, 0.1) is 0 Å². The molecule has 0 aromatic heterocycles. The van der Waals surface area contributed by atoms with E-state index in [4.69, 9.17) is 0 Å². The number of benzene rings is 2. The molecule has 0 amide bonds. The molecule has 92 valence electrons. The van der Waals surface area contributed by atoms with Crippen LogP contribution >= 0.6 is 0 Å². The summed E-state index contributed by atoms with van der Waals surface area (Å²) in [5.74, 6) is 0.0612. The van der Waals surface area contributed by atoms with Crippen molar-refractivity contribution < 1.29 is 5.11 Å². The summed E-state index contributed by atoms with van der Waals surface area (Å²) in [4.78, 5) is 0. The zero-order valence-corrected chi connectivity index (χ0v) is 10.4. The van der Waals surface area contributed by atoms with Gasteiger partial charge in [-0.25, -0.2) is 0 Å². The third-order valence-electron chi connectivity index (χ3n) is 3.17. The molecular weight excluding hydrogens is 220 g/mol. The maximum absolute atomic E-state index is 10.5. The molecule has 2 rings (SSSR count). The van der Waals surface area contributed by atoms with Gasteiger partial charge in [-0.3, -0.25) is 0 Å². The summed E-state index contributed by atoms with van der Waals surface area (Å²) in [5, 5.41) is 10.5. The Morgan fingerprint density at radius 3 is 1.89 bits per heavy atom. The van der Waals surface area contributed by atoms with E-state index in [0.29, 0.717) is 0 Å². The maximum atomic E-state index is 10.5. The quantitative estimate of drug-likeness (QED) is 0.778. The Labute approximate surface area is 108 Å². The van der Waals surface area contributed by atoms with Crippen molar-refractivity contribution in [1.82, 2.24) is 0 Å². The highest BCUT2D eigenvalue weighted by molar-refractivity contribution is 5.27. The second kappa shape index (κ2) is 6.18. The molecule has 0 aliphatic carbocycles. The van der Waals surface area contributed by atoms with Gasteiger partial charge >= 0.3 is 0 Å². The molecule has 18 heavy (non-hydrogen) atoms. The Morgan fingerprint density at radius 1 is 0.889 bits per heavy atom. The van der Waals surface area contributed by atoms with Gasteiger partial charge in [0.2, 0.25) is 0 Å². The highest BCUT2D eigenvalue weighted by Crippen LogP contribution is 2.33. The minimum Gasteiger partial charge on any atom is -0.388 e. The first-order chi connectivity index (χ1) is 8.83. The number of rotatable bonds is 5. The van der Waals surface area contributed by atoms with Crippen LogP contribution in [0.5, 0.6) is 0 Å². The smallest absolute Gasteiger partial charge is 0.0861 e. The van der Waals surface area contributed by atoms with Crippen molar-refractivity contribution >= 4 is 0 Å². The van der Waals surface area contributed by atoms with Crippen LogP contribution < -0.4 is 0 Å². The van der Waals surface area contributed by atoms with Gasteiger partial charge in [0.05, 0.1) is 6.10 Å². The van der Waals surface area contributed by atoms with Crippen LogP contribution in [-0.4, -0.2) is 5.11 Å². The third-order valence-corrected chi connectivity index (χ3v) is 3.17. The van der Waals surface area contributed by atoms with Crippen molar-refractivity contribution in [2.45, 2.75) is 18.4 Å². The number of allylic oxidation sites excluding steroid dienone is 1. The highest BCUT2D eigenvalue weighted by atomic mass is 16.3. The summed E-state index contributed by atoms with van der Waals surface area (Å²) < 4.78 is 0. The SMILES string of the molecule is C=CCC(c1ccccc1)C(O)c1ccccc1. The molecule has 0 aliphatic rings. The molecule has 2 unspecified atom stereocenters. The number of hydrogen-bond donors (Lipinski definition) is 1. The summed E-state index contributed by atoms with van der Waals surface area (Å²) in [6.45, 7) is 3.79. The molecule has 2 aromatic carbocycles. The van der Waals surface area contributed by atoms with Crippen LogP contribution in [-0.2, 0) is 0 Å². The van der Waals surface area contributed by atoms with Crippen LogP contribution in [0.25, 0.3) is 0 Å². The molecule has 2 aromatic rings. The summed E-state index contributed by atoms with van der Waals surface area (Å²) in [7, 11) is 0. The average molecular weight is 238 g/mol. The van der Waals surface area contributed by atoms with E-state index >= 15 is 0 Å². The summed E-state index contributed by atoms with van der Waals surface area (Å²) in [6, 6.07) is 19.9. The number of aliphatic hydroxyl groups excluding tert-OH is 1. The van der Waals surface area contributed by atoms with Crippen molar-refractivity contribution in [3.8, 4) is 0 Å². The second-order valence-corrected chi connectivity index (χ2v) is 4.40. The molecule has 0 heterocycles. The predicted octanol–water partition coefficient (Wildman–Crippen LogP) is 4.08. The van der Waals surface area contributed by atoms with Gasteiger partial charge in [0.1, 0.15) is 0 Å².